The maximum absolute atomic E-state index is 13.2. The Balaban J connectivity index is 2.09. The van der Waals surface area contributed by atoms with E-state index in [0.717, 1.165) is 6.07 Å². The van der Waals surface area contributed by atoms with Gasteiger partial charge in [0, 0.05) is 5.69 Å². The fourth-order valence-corrected chi connectivity index (χ4v) is 2.33. The molecule has 5 nitrogen and oxygen atoms in total. The van der Waals surface area contributed by atoms with E-state index in [1.54, 1.807) is 24.3 Å². The molecule has 27 heavy (non-hydrogen) atoms. The molecule has 2 rings (SSSR count). The van der Waals surface area contributed by atoms with Crippen molar-refractivity contribution in [1.82, 2.24) is 0 Å². The average molecular weight is 381 g/mol. The van der Waals surface area contributed by atoms with Gasteiger partial charge in [-0.15, -0.1) is 0 Å². The molecule has 0 aliphatic heterocycles. The highest BCUT2D eigenvalue weighted by Crippen LogP contribution is 2.34. The Kier molecular flexibility index (Phi) is 6.55. The van der Waals surface area contributed by atoms with Gasteiger partial charge < -0.3 is 20.5 Å². The van der Waals surface area contributed by atoms with Gasteiger partial charge in [0.2, 0.25) is 0 Å². The Morgan fingerprint density at radius 1 is 1.11 bits per heavy atom. The highest BCUT2D eigenvalue weighted by Gasteiger charge is 2.33. The van der Waals surface area contributed by atoms with Crippen LogP contribution in [0.25, 0.3) is 0 Å². The minimum absolute atomic E-state index is 0.00808. The third kappa shape index (κ3) is 6.09. The summed E-state index contributed by atoms with van der Waals surface area (Å²) in [6.07, 6.45) is -4.45. The van der Waals surface area contributed by atoms with E-state index in [-0.39, 0.29) is 29.9 Å². The smallest absolute Gasteiger partial charge is 0.416 e. The quantitative estimate of drug-likeness (QED) is 0.574. The normalized spacial score (nSPS) is 12.2. The van der Waals surface area contributed by atoms with Gasteiger partial charge in [-0.1, -0.05) is 6.07 Å². The molecule has 2 aromatic carbocycles. The molecule has 0 aromatic heterocycles. The minimum Gasteiger partial charge on any atom is -0.497 e. The number of hydrogen-bond donors (Lipinski definition) is 2. The Morgan fingerprint density at radius 3 is 2.30 bits per heavy atom. The molecule has 0 aliphatic carbocycles. The Labute approximate surface area is 156 Å². The van der Waals surface area contributed by atoms with Crippen LogP contribution in [-0.2, 0) is 12.7 Å². The van der Waals surface area contributed by atoms with Crippen molar-refractivity contribution in [3.63, 3.8) is 0 Å². The number of halogens is 3. The highest BCUT2D eigenvalue weighted by molar-refractivity contribution is 5.92. The van der Waals surface area contributed by atoms with Gasteiger partial charge in [0.15, 0.2) is 5.96 Å². The van der Waals surface area contributed by atoms with Crippen molar-refractivity contribution < 1.29 is 22.6 Å². The monoisotopic (exact) mass is 381 g/mol. The van der Waals surface area contributed by atoms with Gasteiger partial charge in [-0.2, -0.15) is 13.2 Å². The zero-order valence-corrected chi connectivity index (χ0v) is 15.3. The van der Waals surface area contributed by atoms with Crippen molar-refractivity contribution in [3.05, 3.63) is 53.6 Å². The van der Waals surface area contributed by atoms with Crippen LogP contribution in [0.2, 0.25) is 0 Å². The standard InChI is InChI=1S/C19H22F3N3O2/c1-12(2)27-15-8-5-14(6-9-15)25-18(23)24-11-13-4-7-16(26-3)10-17(13)19(20,21)22/h4-10,12H,11H2,1-3H3,(H3,23,24,25). The average Bonchev–Trinajstić information content (AvgIpc) is 2.60. The number of aliphatic imine (C=N–C) groups is 1. The van der Waals surface area contributed by atoms with Crippen molar-refractivity contribution in [2.75, 3.05) is 12.4 Å². The molecular formula is C19H22F3N3O2. The van der Waals surface area contributed by atoms with Gasteiger partial charge in [-0.05, 0) is 55.8 Å². The molecule has 0 amide bonds. The van der Waals surface area contributed by atoms with E-state index in [0.29, 0.717) is 11.4 Å². The number of rotatable bonds is 6. The summed E-state index contributed by atoms with van der Waals surface area (Å²) in [4.78, 5) is 4.00. The van der Waals surface area contributed by atoms with Gasteiger partial charge in [0.05, 0.1) is 25.3 Å². The molecule has 0 saturated carbocycles. The van der Waals surface area contributed by atoms with Crippen LogP contribution in [0.4, 0.5) is 18.9 Å². The fraction of sp³-hybridized carbons (Fsp3) is 0.316. The molecule has 0 unspecified atom stereocenters. The summed E-state index contributed by atoms with van der Waals surface area (Å²) in [5, 5.41) is 2.84. The van der Waals surface area contributed by atoms with Gasteiger partial charge in [-0.25, -0.2) is 4.99 Å². The number of methoxy groups -OCH3 is 1. The lowest BCUT2D eigenvalue weighted by Gasteiger charge is -2.13. The molecule has 3 N–H and O–H groups in total. The topological polar surface area (TPSA) is 68.9 Å². The zero-order chi connectivity index (χ0) is 20.0. The van der Waals surface area contributed by atoms with E-state index in [2.05, 4.69) is 10.3 Å². The van der Waals surface area contributed by atoms with E-state index < -0.39 is 11.7 Å². The van der Waals surface area contributed by atoms with Crippen LogP contribution in [0.3, 0.4) is 0 Å². The molecule has 146 valence electrons. The lowest BCUT2D eigenvalue weighted by Crippen LogP contribution is -2.22. The van der Waals surface area contributed by atoms with E-state index in [4.69, 9.17) is 15.2 Å². The van der Waals surface area contributed by atoms with E-state index in [1.807, 2.05) is 13.8 Å². The highest BCUT2D eigenvalue weighted by atomic mass is 19.4. The number of nitrogens with one attached hydrogen (secondary N) is 1. The number of anilines is 1. The Morgan fingerprint density at radius 2 is 1.74 bits per heavy atom. The largest absolute Gasteiger partial charge is 0.497 e. The molecule has 0 atom stereocenters. The SMILES string of the molecule is COc1ccc(CN=C(N)Nc2ccc(OC(C)C)cc2)c(C(F)(F)F)c1. The first-order valence-corrected chi connectivity index (χ1v) is 8.27. The summed E-state index contributed by atoms with van der Waals surface area (Å²) in [6.45, 7) is 3.63. The molecule has 0 heterocycles. The van der Waals surface area contributed by atoms with Crippen LogP contribution in [0, 0.1) is 0 Å². The molecular weight excluding hydrogens is 359 g/mol. The van der Waals surface area contributed by atoms with E-state index >= 15 is 0 Å². The number of guanidine groups is 1. The molecule has 0 spiro atoms. The Hall–Kier alpha value is -2.90. The third-order valence-electron chi connectivity index (χ3n) is 3.54. The summed E-state index contributed by atoms with van der Waals surface area (Å²) in [5.41, 5.74) is 5.65. The summed E-state index contributed by atoms with van der Waals surface area (Å²) < 4.78 is 50.0. The number of alkyl halides is 3. The summed E-state index contributed by atoms with van der Waals surface area (Å²) >= 11 is 0. The molecule has 2 aromatic rings. The lowest BCUT2D eigenvalue weighted by atomic mass is 10.1. The molecule has 0 saturated heterocycles. The first kappa shape index (κ1) is 20.4. The maximum atomic E-state index is 13.2. The van der Waals surface area contributed by atoms with Gasteiger partial charge in [-0.3, -0.25) is 0 Å². The number of nitrogens with zero attached hydrogens (tertiary/aromatic N) is 1. The fourth-order valence-electron chi connectivity index (χ4n) is 2.33. The zero-order valence-electron chi connectivity index (χ0n) is 15.3. The molecule has 0 fully saturated rings. The second-order valence-electron chi connectivity index (χ2n) is 6.04. The van der Waals surface area contributed by atoms with E-state index in [9.17, 15) is 13.2 Å². The van der Waals surface area contributed by atoms with Crippen molar-refractivity contribution >= 4 is 11.6 Å². The van der Waals surface area contributed by atoms with Crippen molar-refractivity contribution in [1.29, 1.82) is 0 Å². The number of ether oxygens (including phenoxy) is 2. The molecule has 0 aliphatic rings. The minimum atomic E-state index is -4.51. The predicted molar refractivity (Wildman–Crippen MR) is 99.2 cm³/mol. The van der Waals surface area contributed by atoms with Crippen LogP contribution < -0.4 is 20.5 Å². The first-order chi connectivity index (χ1) is 12.7. The summed E-state index contributed by atoms with van der Waals surface area (Å²) in [7, 11) is 1.31. The second-order valence-corrected chi connectivity index (χ2v) is 6.04. The van der Waals surface area contributed by atoms with Gasteiger partial charge >= 0.3 is 6.18 Å². The summed E-state index contributed by atoms with van der Waals surface area (Å²) in [5.74, 6) is 0.848. The molecule has 8 heteroatoms. The van der Waals surface area contributed by atoms with Crippen LogP contribution in [0.15, 0.2) is 47.5 Å². The summed E-state index contributed by atoms with van der Waals surface area (Å²) in [6, 6.07) is 10.8. The Bertz CT molecular complexity index is 788. The third-order valence-corrected chi connectivity index (χ3v) is 3.54. The predicted octanol–water partition coefficient (Wildman–Crippen LogP) is 4.43. The maximum Gasteiger partial charge on any atom is 0.416 e. The molecule has 0 bridgehead atoms. The first-order valence-electron chi connectivity index (χ1n) is 8.27. The van der Waals surface area contributed by atoms with Gasteiger partial charge in [0.25, 0.3) is 0 Å². The van der Waals surface area contributed by atoms with Crippen molar-refractivity contribution in [2.24, 2.45) is 10.7 Å². The second kappa shape index (κ2) is 8.66. The van der Waals surface area contributed by atoms with Crippen molar-refractivity contribution in [3.8, 4) is 11.5 Å². The van der Waals surface area contributed by atoms with Crippen molar-refractivity contribution in [2.45, 2.75) is 32.7 Å². The lowest BCUT2D eigenvalue weighted by molar-refractivity contribution is -0.138. The van der Waals surface area contributed by atoms with Gasteiger partial charge in [0.1, 0.15) is 11.5 Å². The van der Waals surface area contributed by atoms with Crippen LogP contribution in [-0.4, -0.2) is 19.2 Å². The molecule has 0 radical (unpaired) electrons. The number of hydrogen-bond acceptors (Lipinski definition) is 3. The van der Waals surface area contributed by atoms with Crippen LogP contribution >= 0.6 is 0 Å². The number of benzene rings is 2. The van der Waals surface area contributed by atoms with Crippen LogP contribution in [0.1, 0.15) is 25.0 Å². The van der Waals surface area contributed by atoms with E-state index in [1.165, 1.54) is 19.2 Å². The number of nitrogens with two attached hydrogens (primary N) is 1. The van der Waals surface area contributed by atoms with Crippen LogP contribution in [0.5, 0.6) is 11.5 Å².